The minimum Gasteiger partial charge on any atom is -0.393 e. The van der Waals surface area contributed by atoms with Crippen LogP contribution in [0, 0.1) is 5.92 Å². The Morgan fingerprint density at radius 3 is 2.44 bits per heavy atom. The van der Waals surface area contributed by atoms with E-state index in [9.17, 15) is 5.11 Å². The second kappa shape index (κ2) is 7.30. The molecule has 0 saturated heterocycles. The molecule has 0 spiro atoms. The normalized spacial score (nSPS) is 18.8. The van der Waals surface area contributed by atoms with E-state index in [0.29, 0.717) is 0 Å². The van der Waals surface area contributed by atoms with Crippen molar-refractivity contribution >= 4 is 15.9 Å². The van der Waals surface area contributed by atoms with Gasteiger partial charge in [-0.05, 0) is 42.9 Å². The molecule has 1 fully saturated rings. The van der Waals surface area contributed by atoms with E-state index in [1.165, 1.54) is 44.1 Å². The fraction of sp³-hybridized carbons (Fsp3) is 0.625. The van der Waals surface area contributed by atoms with Crippen molar-refractivity contribution in [2.45, 2.75) is 57.5 Å². The summed E-state index contributed by atoms with van der Waals surface area (Å²) >= 11 is 3.43. The second-order valence-electron chi connectivity index (χ2n) is 5.57. The first-order chi connectivity index (χ1) is 8.74. The summed E-state index contributed by atoms with van der Waals surface area (Å²) < 4.78 is 1.10. The SMILES string of the molecule is OC(CCC1CCCCC1)Cc1ccc(Br)cc1. The largest absolute Gasteiger partial charge is 0.393 e. The van der Waals surface area contributed by atoms with Crippen LogP contribution in [0.1, 0.15) is 50.5 Å². The summed E-state index contributed by atoms with van der Waals surface area (Å²) in [6, 6.07) is 8.27. The van der Waals surface area contributed by atoms with Crippen LogP contribution in [-0.4, -0.2) is 11.2 Å². The highest BCUT2D eigenvalue weighted by Gasteiger charge is 2.15. The maximum atomic E-state index is 10.1. The van der Waals surface area contributed by atoms with Crippen molar-refractivity contribution in [1.29, 1.82) is 0 Å². The van der Waals surface area contributed by atoms with Gasteiger partial charge in [-0.3, -0.25) is 0 Å². The van der Waals surface area contributed by atoms with Gasteiger partial charge in [0, 0.05) is 4.47 Å². The number of aliphatic hydroxyl groups excluding tert-OH is 1. The van der Waals surface area contributed by atoms with E-state index in [1.54, 1.807) is 0 Å². The maximum Gasteiger partial charge on any atom is 0.0580 e. The molecule has 0 aliphatic heterocycles. The summed E-state index contributed by atoms with van der Waals surface area (Å²) in [6.45, 7) is 0. The fourth-order valence-corrected chi connectivity index (χ4v) is 3.16. The van der Waals surface area contributed by atoms with E-state index < -0.39 is 0 Å². The van der Waals surface area contributed by atoms with Crippen molar-refractivity contribution in [1.82, 2.24) is 0 Å². The minimum absolute atomic E-state index is 0.173. The molecule has 0 heterocycles. The van der Waals surface area contributed by atoms with Crippen LogP contribution >= 0.6 is 15.9 Å². The van der Waals surface area contributed by atoms with Crippen LogP contribution < -0.4 is 0 Å². The average Bonchev–Trinajstić information content (AvgIpc) is 2.40. The highest BCUT2D eigenvalue weighted by molar-refractivity contribution is 9.10. The fourth-order valence-electron chi connectivity index (χ4n) is 2.90. The molecule has 1 nitrogen and oxygen atoms in total. The van der Waals surface area contributed by atoms with Gasteiger partial charge in [-0.1, -0.05) is 60.2 Å². The molecular weight excluding hydrogens is 288 g/mol. The smallest absolute Gasteiger partial charge is 0.0580 e. The molecular formula is C16H23BrO. The molecule has 1 aromatic carbocycles. The molecule has 1 aromatic rings. The Bertz CT molecular complexity index is 341. The number of benzene rings is 1. The van der Waals surface area contributed by atoms with E-state index in [0.717, 1.165) is 23.2 Å². The lowest BCUT2D eigenvalue weighted by atomic mass is 9.85. The zero-order chi connectivity index (χ0) is 12.8. The predicted molar refractivity (Wildman–Crippen MR) is 79.7 cm³/mol. The van der Waals surface area contributed by atoms with E-state index >= 15 is 0 Å². The van der Waals surface area contributed by atoms with Crippen LogP contribution in [0.4, 0.5) is 0 Å². The number of halogens is 1. The third-order valence-electron chi connectivity index (χ3n) is 4.02. The van der Waals surface area contributed by atoms with E-state index in [1.807, 2.05) is 12.1 Å². The Balaban J connectivity index is 1.71. The molecule has 1 saturated carbocycles. The van der Waals surface area contributed by atoms with Gasteiger partial charge >= 0.3 is 0 Å². The van der Waals surface area contributed by atoms with Crippen LogP contribution in [0.2, 0.25) is 0 Å². The highest BCUT2D eigenvalue weighted by Crippen LogP contribution is 2.28. The van der Waals surface area contributed by atoms with Gasteiger partial charge in [0.2, 0.25) is 0 Å². The van der Waals surface area contributed by atoms with Gasteiger partial charge in [-0.25, -0.2) is 0 Å². The van der Waals surface area contributed by atoms with Crippen molar-refractivity contribution in [3.63, 3.8) is 0 Å². The summed E-state index contributed by atoms with van der Waals surface area (Å²) in [4.78, 5) is 0. The Hall–Kier alpha value is -0.340. The number of aliphatic hydroxyl groups is 1. The number of hydrogen-bond acceptors (Lipinski definition) is 1. The topological polar surface area (TPSA) is 20.2 Å². The Morgan fingerprint density at radius 1 is 1.11 bits per heavy atom. The first-order valence-corrected chi connectivity index (χ1v) is 7.96. The van der Waals surface area contributed by atoms with Crippen molar-refractivity contribution in [3.8, 4) is 0 Å². The molecule has 2 heteroatoms. The monoisotopic (exact) mass is 310 g/mol. The Labute approximate surface area is 119 Å². The van der Waals surface area contributed by atoms with Crippen molar-refractivity contribution in [3.05, 3.63) is 34.3 Å². The van der Waals surface area contributed by atoms with Gasteiger partial charge in [0.25, 0.3) is 0 Å². The lowest BCUT2D eigenvalue weighted by molar-refractivity contribution is 0.149. The Morgan fingerprint density at radius 2 is 1.78 bits per heavy atom. The Kier molecular flexibility index (Phi) is 5.71. The van der Waals surface area contributed by atoms with E-state index in [2.05, 4.69) is 28.1 Å². The molecule has 0 aromatic heterocycles. The standard InChI is InChI=1S/C16H23BrO/c17-15-9-6-14(7-10-15)12-16(18)11-8-13-4-2-1-3-5-13/h6-7,9-10,13,16,18H,1-5,8,11-12H2. The third kappa shape index (κ3) is 4.74. The molecule has 0 radical (unpaired) electrons. The second-order valence-corrected chi connectivity index (χ2v) is 6.48. The summed E-state index contributed by atoms with van der Waals surface area (Å²) in [5.41, 5.74) is 1.23. The van der Waals surface area contributed by atoms with Crippen LogP contribution in [0.25, 0.3) is 0 Å². The molecule has 1 unspecified atom stereocenters. The molecule has 1 N–H and O–H groups in total. The lowest BCUT2D eigenvalue weighted by Crippen LogP contribution is -2.14. The molecule has 1 aliphatic carbocycles. The van der Waals surface area contributed by atoms with Gasteiger partial charge < -0.3 is 5.11 Å². The van der Waals surface area contributed by atoms with Gasteiger partial charge in [0.1, 0.15) is 0 Å². The third-order valence-corrected chi connectivity index (χ3v) is 4.55. The molecule has 100 valence electrons. The zero-order valence-corrected chi connectivity index (χ0v) is 12.5. The number of hydrogen-bond donors (Lipinski definition) is 1. The van der Waals surface area contributed by atoms with Gasteiger partial charge in [-0.15, -0.1) is 0 Å². The zero-order valence-electron chi connectivity index (χ0n) is 10.9. The predicted octanol–water partition coefficient (Wildman–Crippen LogP) is 4.71. The molecule has 18 heavy (non-hydrogen) atoms. The molecule has 0 amide bonds. The van der Waals surface area contributed by atoms with Crippen molar-refractivity contribution in [2.24, 2.45) is 5.92 Å². The molecule has 1 aliphatic rings. The van der Waals surface area contributed by atoms with Gasteiger partial charge in [-0.2, -0.15) is 0 Å². The first kappa shape index (κ1) is 14.1. The van der Waals surface area contributed by atoms with Crippen LogP contribution in [-0.2, 0) is 6.42 Å². The van der Waals surface area contributed by atoms with Gasteiger partial charge in [0.15, 0.2) is 0 Å². The van der Waals surface area contributed by atoms with Crippen LogP contribution in [0.3, 0.4) is 0 Å². The number of rotatable bonds is 5. The maximum absolute atomic E-state index is 10.1. The summed E-state index contributed by atoms with van der Waals surface area (Å²) in [7, 11) is 0. The van der Waals surface area contributed by atoms with Gasteiger partial charge in [0.05, 0.1) is 6.10 Å². The highest BCUT2D eigenvalue weighted by atomic mass is 79.9. The lowest BCUT2D eigenvalue weighted by Gasteiger charge is -2.22. The van der Waals surface area contributed by atoms with Crippen LogP contribution in [0.5, 0.6) is 0 Å². The molecule has 2 rings (SSSR count). The quantitative estimate of drug-likeness (QED) is 0.834. The molecule has 0 bridgehead atoms. The van der Waals surface area contributed by atoms with Crippen molar-refractivity contribution in [2.75, 3.05) is 0 Å². The summed E-state index contributed by atoms with van der Waals surface area (Å²) in [6.07, 6.45) is 9.75. The van der Waals surface area contributed by atoms with E-state index in [-0.39, 0.29) is 6.10 Å². The minimum atomic E-state index is -0.173. The summed E-state index contributed by atoms with van der Waals surface area (Å²) in [5.74, 6) is 0.873. The van der Waals surface area contributed by atoms with Crippen molar-refractivity contribution < 1.29 is 5.11 Å². The average molecular weight is 311 g/mol. The first-order valence-electron chi connectivity index (χ1n) is 7.16. The van der Waals surface area contributed by atoms with E-state index in [4.69, 9.17) is 0 Å². The summed E-state index contributed by atoms with van der Waals surface area (Å²) in [5, 5.41) is 10.1. The molecule has 1 atom stereocenters. The van der Waals surface area contributed by atoms with Crippen LogP contribution in [0.15, 0.2) is 28.7 Å².